The number of carbonyl (C=O) groups is 1. The Bertz CT molecular complexity index is 1160. The van der Waals surface area contributed by atoms with Crippen LogP contribution in [0.1, 0.15) is 16.1 Å². The number of anilines is 1. The van der Waals surface area contributed by atoms with Crippen molar-refractivity contribution in [3.63, 3.8) is 0 Å². The number of nitrogens with one attached hydrogen (secondary N) is 1. The van der Waals surface area contributed by atoms with Gasteiger partial charge in [-0.2, -0.15) is 0 Å². The molecule has 0 bridgehead atoms. The van der Waals surface area contributed by atoms with Gasteiger partial charge in [0.05, 0.1) is 17.1 Å². The molecule has 138 valence electrons. The van der Waals surface area contributed by atoms with Crippen LogP contribution in [0, 0.1) is 6.92 Å². The molecule has 4 rings (SSSR count). The van der Waals surface area contributed by atoms with Crippen LogP contribution in [-0.2, 0) is 0 Å². The normalized spacial score (nSPS) is 10.6. The number of pyridine rings is 1. The van der Waals surface area contributed by atoms with E-state index in [1.54, 1.807) is 33.9 Å². The molecule has 2 heterocycles. The summed E-state index contributed by atoms with van der Waals surface area (Å²) in [4.78, 5) is 29.8. The molecule has 6 nitrogen and oxygen atoms in total. The van der Waals surface area contributed by atoms with Crippen molar-refractivity contribution in [2.24, 2.45) is 0 Å². The fourth-order valence-corrected chi connectivity index (χ4v) is 3.12. The smallest absolute Gasteiger partial charge is 0.295 e. The first kappa shape index (κ1) is 17.5. The van der Waals surface area contributed by atoms with Crippen molar-refractivity contribution < 1.29 is 4.79 Å². The minimum Gasteiger partial charge on any atom is -0.316 e. The fraction of sp³-hybridized carbons (Fsp3) is 0.0455. The SMILES string of the molecule is Cc1c(NC(=O)c2ccncc2)c(=O)n(-c2ccccc2)n1-c1ccccc1. The molecule has 2 aromatic heterocycles. The Morgan fingerprint density at radius 3 is 1.93 bits per heavy atom. The molecule has 1 amide bonds. The second-order valence-corrected chi connectivity index (χ2v) is 6.25. The number of benzene rings is 2. The van der Waals surface area contributed by atoms with E-state index in [0.29, 0.717) is 16.9 Å². The van der Waals surface area contributed by atoms with Gasteiger partial charge in [0.1, 0.15) is 5.69 Å². The second kappa shape index (κ2) is 7.36. The van der Waals surface area contributed by atoms with Crippen LogP contribution < -0.4 is 10.9 Å². The van der Waals surface area contributed by atoms with Crippen molar-refractivity contribution in [3.8, 4) is 11.4 Å². The Morgan fingerprint density at radius 1 is 0.821 bits per heavy atom. The van der Waals surface area contributed by atoms with Crippen LogP contribution in [0.5, 0.6) is 0 Å². The van der Waals surface area contributed by atoms with Gasteiger partial charge in [-0.25, -0.2) is 9.36 Å². The molecule has 0 unspecified atom stereocenters. The highest BCUT2D eigenvalue weighted by Gasteiger charge is 2.21. The molecule has 1 N–H and O–H groups in total. The quantitative estimate of drug-likeness (QED) is 0.597. The highest BCUT2D eigenvalue weighted by molar-refractivity contribution is 6.04. The summed E-state index contributed by atoms with van der Waals surface area (Å²) >= 11 is 0. The molecule has 0 spiro atoms. The number of hydrogen-bond donors (Lipinski definition) is 1. The van der Waals surface area contributed by atoms with Crippen molar-refractivity contribution in [2.45, 2.75) is 6.92 Å². The first-order chi connectivity index (χ1) is 13.7. The first-order valence-corrected chi connectivity index (χ1v) is 8.83. The minimum atomic E-state index is -0.354. The lowest BCUT2D eigenvalue weighted by Crippen LogP contribution is -2.23. The largest absolute Gasteiger partial charge is 0.316 e. The zero-order valence-electron chi connectivity index (χ0n) is 15.2. The number of carbonyl (C=O) groups excluding carboxylic acids is 1. The third-order valence-electron chi connectivity index (χ3n) is 4.47. The number of rotatable bonds is 4. The lowest BCUT2D eigenvalue weighted by Gasteiger charge is -2.13. The van der Waals surface area contributed by atoms with Crippen LogP contribution in [0.3, 0.4) is 0 Å². The summed E-state index contributed by atoms with van der Waals surface area (Å²) in [5.41, 5.74) is 2.56. The molecule has 0 saturated carbocycles. The molecule has 0 aliphatic rings. The molecule has 0 radical (unpaired) electrons. The molecule has 4 aromatic rings. The van der Waals surface area contributed by atoms with Gasteiger partial charge in [0, 0.05) is 18.0 Å². The lowest BCUT2D eigenvalue weighted by atomic mass is 10.2. The van der Waals surface area contributed by atoms with Gasteiger partial charge in [0.15, 0.2) is 0 Å². The van der Waals surface area contributed by atoms with Crippen molar-refractivity contribution >= 4 is 11.6 Å². The van der Waals surface area contributed by atoms with Gasteiger partial charge in [-0.15, -0.1) is 0 Å². The molecular formula is C22H18N4O2. The molecule has 0 aliphatic carbocycles. The molecule has 28 heavy (non-hydrogen) atoms. The van der Waals surface area contributed by atoms with E-state index in [9.17, 15) is 9.59 Å². The Hall–Kier alpha value is -3.93. The van der Waals surface area contributed by atoms with Gasteiger partial charge >= 0.3 is 0 Å². The predicted molar refractivity (Wildman–Crippen MR) is 108 cm³/mol. The average Bonchev–Trinajstić information content (AvgIpc) is 3.00. The Labute approximate surface area is 161 Å². The van der Waals surface area contributed by atoms with Crippen LogP contribution in [0.25, 0.3) is 11.4 Å². The highest BCUT2D eigenvalue weighted by atomic mass is 16.2. The number of aromatic nitrogens is 3. The summed E-state index contributed by atoms with van der Waals surface area (Å²) in [6.45, 7) is 1.82. The third kappa shape index (κ3) is 3.12. The molecule has 2 aromatic carbocycles. The van der Waals surface area contributed by atoms with E-state index < -0.39 is 0 Å². The van der Waals surface area contributed by atoms with E-state index in [0.717, 1.165) is 5.69 Å². The maximum absolute atomic E-state index is 13.3. The second-order valence-electron chi connectivity index (χ2n) is 6.25. The monoisotopic (exact) mass is 370 g/mol. The summed E-state index contributed by atoms with van der Waals surface area (Å²) in [6.07, 6.45) is 3.08. The third-order valence-corrected chi connectivity index (χ3v) is 4.47. The van der Waals surface area contributed by atoms with Crippen LogP contribution in [0.2, 0.25) is 0 Å². The van der Waals surface area contributed by atoms with E-state index in [1.807, 2.05) is 67.6 Å². The Balaban J connectivity index is 1.88. The van der Waals surface area contributed by atoms with Gasteiger partial charge in [0.2, 0.25) is 0 Å². The zero-order chi connectivity index (χ0) is 19.5. The lowest BCUT2D eigenvalue weighted by molar-refractivity contribution is 0.102. The van der Waals surface area contributed by atoms with Gasteiger partial charge in [-0.1, -0.05) is 36.4 Å². The first-order valence-electron chi connectivity index (χ1n) is 8.83. The van der Waals surface area contributed by atoms with Crippen molar-refractivity contribution in [2.75, 3.05) is 5.32 Å². The number of nitrogens with zero attached hydrogens (tertiary/aromatic N) is 3. The van der Waals surface area contributed by atoms with Crippen molar-refractivity contribution in [1.82, 2.24) is 14.3 Å². The summed E-state index contributed by atoms with van der Waals surface area (Å²) in [5.74, 6) is -0.354. The maximum Gasteiger partial charge on any atom is 0.295 e. The number of hydrogen-bond acceptors (Lipinski definition) is 3. The van der Waals surface area contributed by atoms with E-state index in [-0.39, 0.29) is 17.2 Å². The van der Waals surface area contributed by atoms with E-state index in [1.165, 1.54) is 0 Å². The summed E-state index contributed by atoms with van der Waals surface area (Å²) in [5, 5.41) is 2.77. The molecule has 0 atom stereocenters. The van der Waals surface area contributed by atoms with Gasteiger partial charge < -0.3 is 5.32 Å². The van der Waals surface area contributed by atoms with E-state index in [4.69, 9.17) is 0 Å². The standard InChI is InChI=1S/C22H18N4O2/c1-16-20(24-21(27)17-12-14-23-15-13-17)22(28)26(19-10-6-3-7-11-19)25(16)18-8-4-2-5-9-18/h2-15H,1H3,(H,24,27). The van der Waals surface area contributed by atoms with Crippen molar-refractivity contribution in [1.29, 1.82) is 0 Å². The summed E-state index contributed by atoms with van der Waals surface area (Å²) in [6, 6.07) is 22.1. The average molecular weight is 370 g/mol. The summed E-state index contributed by atoms with van der Waals surface area (Å²) in [7, 11) is 0. The molecular weight excluding hydrogens is 352 g/mol. The van der Waals surface area contributed by atoms with Crippen LogP contribution in [0.15, 0.2) is 90.0 Å². The van der Waals surface area contributed by atoms with E-state index in [2.05, 4.69) is 10.3 Å². The summed E-state index contributed by atoms with van der Waals surface area (Å²) < 4.78 is 3.37. The number of para-hydroxylation sites is 2. The number of amides is 1. The van der Waals surface area contributed by atoms with Gasteiger partial charge in [-0.05, 0) is 43.3 Å². The molecule has 0 fully saturated rings. The van der Waals surface area contributed by atoms with Crippen LogP contribution >= 0.6 is 0 Å². The topological polar surface area (TPSA) is 68.9 Å². The van der Waals surface area contributed by atoms with Crippen LogP contribution in [0.4, 0.5) is 5.69 Å². The minimum absolute atomic E-state index is 0.245. The highest BCUT2D eigenvalue weighted by Crippen LogP contribution is 2.20. The molecule has 0 saturated heterocycles. The predicted octanol–water partition coefficient (Wildman–Crippen LogP) is 3.58. The Kier molecular flexibility index (Phi) is 4.60. The van der Waals surface area contributed by atoms with Crippen LogP contribution in [-0.4, -0.2) is 20.3 Å². The Morgan fingerprint density at radius 2 is 1.36 bits per heavy atom. The fourth-order valence-electron chi connectivity index (χ4n) is 3.12. The van der Waals surface area contributed by atoms with Gasteiger partial charge in [0.25, 0.3) is 11.5 Å². The zero-order valence-corrected chi connectivity index (χ0v) is 15.2. The maximum atomic E-state index is 13.3. The van der Waals surface area contributed by atoms with Gasteiger partial charge in [-0.3, -0.25) is 14.6 Å². The van der Waals surface area contributed by atoms with Crippen molar-refractivity contribution in [3.05, 3.63) is 107 Å². The van der Waals surface area contributed by atoms with E-state index >= 15 is 0 Å². The molecule has 0 aliphatic heterocycles. The molecule has 6 heteroatoms.